The molecule has 1 fully saturated rings. The minimum atomic E-state index is 0.000883. The fourth-order valence-electron chi connectivity index (χ4n) is 3.05. The van der Waals surface area contributed by atoms with Gasteiger partial charge < -0.3 is 9.15 Å². The first-order valence-electron chi connectivity index (χ1n) is 7.85. The van der Waals surface area contributed by atoms with Crippen LogP contribution in [0.3, 0.4) is 0 Å². The lowest BCUT2D eigenvalue weighted by molar-refractivity contribution is 0.0996. The standard InChI is InChI=1S/C18H18N2O2S/c1-12(14-8-10-23-11-14)17-19-20-18(22-17)15-7-9-21-16(15)13-5-3-2-4-6-13/h2-6,8,10-12,15-16H,7,9H2,1H3/t12?,15-,16+/m0/s1. The van der Waals surface area contributed by atoms with E-state index in [0.29, 0.717) is 11.8 Å². The SMILES string of the molecule is CC(c1ccsc1)c1nnc([C@H]2CCO[C@@H]2c2ccccc2)o1. The summed E-state index contributed by atoms with van der Waals surface area (Å²) < 4.78 is 11.9. The van der Waals surface area contributed by atoms with Crippen LogP contribution in [0.2, 0.25) is 0 Å². The molecule has 0 spiro atoms. The molecule has 0 saturated carbocycles. The van der Waals surface area contributed by atoms with E-state index >= 15 is 0 Å². The molecular weight excluding hydrogens is 308 g/mol. The van der Waals surface area contributed by atoms with E-state index in [1.165, 1.54) is 11.1 Å². The number of nitrogens with zero attached hydrogens (tertiary/aromatic N) is 2. The second-order valence-corrected chi connectivity index (χ2v) is 6.63. The van der Waals surface area contributed by atoms with Gasteiger partial charge in [-0.3, -0.25) is 0 Å². The Morgan fingerprint density at radius 1 is 1.17 bits per heavy atom. The van der Waals surface area contributed by atoms with Gasteiger partial charge in [-0.15, -0.1) is 10.2 Å². The van der Waals surface area contributed by atoms with Crippen LogP contribution in [0.4, 0.5) is 0 Å². The number of hydrogen-bond acceptors (Lipinski definition) is 5. The van der Waals surface area contributed by atoms with E-state index in [4.69, 9.17) is 9.15 Å². The van der Waals surface area contributed by atoms with Crippen LogP contribution in [0, 0.1) is 0 Å². The molecule has 1 aliphatic heterocycles. The zero-order chi connectivity index (χ0) is 15.6. The molecule has 1 aliphatic rings. The van der Waals surface area contributed by atoms with Crippen LogP contribution in [0.25, 0.3) is 0 Å². The van der Waals surface area contributed by atoms with Crippen LogP contribution in [-0.4, -0.2) is 16.8 Å². The van der Waals surface area contributed by atoms with Crippen molar-refractivity contribution in [2.75, 3.05) is 6.61 Å². The maximum Gasteiger partial charge on any atom is 0.223 e. The zero-order valence-corrected chi connectivity index (χ0v) is 13.7. The fraction of sp³-hybridized carbons (Fsp3) is 0.333. The lowest BCUT2D eigenvalue weighted by atomic mass is 9.95. The molecule has 0 aliphatic carbocycles. The predicted molar refractivity (Wildman–Crippen MR) is 88.6 cm³/mol. The van der Waals surface area contributed by atoms with Crippen LogP contribution in [0.15, 0.2) is 51.6 Å². The van der Waals surface area contributed by atoms with Gasteiger partial charge in [0.25, 0.3) is 0 Å². The van der Waals surface area contributed by atoms with E-state index in [2.05, 4.69) is 46.1 Å². The van der Waals surface area contributed by atoms with Gasteiger partial charge in [0, 0.05) is 6.61 Å². The van der Waals surface area contributed by atoms with E-state index in [-0.39, 0.29) is 17.9 Å². The third-order valence-corrected chi connectivity index (χ3v) is 5.11. The Morgan fingerprint density at radius 2 is 2.04 bits per heavy atom. The average Bonchev–Trinajstić information content (AvgIpc) is 3.35. The number of rotatable bonds is 4. The molecule has 0 N–H and O–H groups in total. The Kier molecular flexibility index (Phi) is 3.97. The Bertz CT molecular complexity index is 754. The molecule has 1 unspecified atom stereocenters. The quantitative estimate of drug-likeness (QED) is 0.707. The first-order chi connectivity index (χ1) is 11.3. The number of aromatic nitrogens is 2. The van der Waals surface area contributed by atoms with Crippen LogP contribution < -0.4 is 0 Å². The van der Waals surface area contributed by atoms with Gasteiger partial charge >= 0.3 is 0 Å². The minimum absolute atomic E-state index is 0.000883. The van der Waals surface area contributed by atoms with E-state index in [1.807, 2.05) is 18.2 Å². The smallest absolute Gasteiger partial charge is 0.223 e. The Morgan fingerprint density at radius 3 is 2.83 bits per heavy atom. The summed E-state index contributed by atoms with van der Waals surface area (Å²) in [6.07, 6.45) is 0.912. The second kappa shape index (κ2) is 6.26. The summed E-state index contributed by atoms with van der Waals surface area (Å²) >= 11 is 1.68. The molecule has 0 amide bonds. The molecule has 4 nitrogen and oxygen atoms in total. The normalized spacial score (nSPS) is 22.3. The van der Waals surface area contributed by atoms with Gasteiger partial charge in [-0.2, -0.15) is 11.3 Å². The monoisotopic (exact) mass is 326 g/mol. The van der Waals surface area contributed by atoms with Crippen molar-refractivity contribution in [2.24, 2.45) is 0 Å². The summed E-state index contributed by atoms with van der Waals surface area (Å²) in [7, 11) is 0. The molecule has 1 aromatic carbocycles. The van der Waals surface area contributed by atoms with E-state index in [1.54, 1.807) is 11.3 Å². The molecular formula is C18H18N2O2S. The number of ether oxygens (including phenoxy) is 1. The maximum absolute atomic E-state index is 6.01. The number of hydrogen-bond donors (Lipinski definition) is 0. The summed E-state index contributed by atoms with van der Waals surface area (Å²) in [6.45, 7) is 2.82. The van der Waals surface area contributed by atoms with Crippen molar-refractivity contribution in [3.05, 3.63) is 70.1 Å². The highest BCUT2D eigenvalue weighted by atomic mass is 32.1. The molecule has 3 heterocycles. The second-order valence-electron chi connectivity index (χ2n) is 5.85. The Hall–Kier alpha value is -1.98. The summed E-state index contributed by atoms with van der Waals surface area (Å²) in [5.74, 6) is 1.62. The fourth-order valence-corrected chi connectivity index (χ4v) is 3.80. The van der Waals surface area contributed by atoms with Crippen LogP contribution >= 0.6 is 11.3 Å². The molecule has 23 heavy (non-hydrogen) atoms. The molecule has 1 saturated heterocycles. The highest BCUT2D eigenvalue weighted by Crippen LogP contribution is 2.41. The van der Waals surface area contributed by atoms with E-state index in [0.717, 1.165) is 13.0 Å². The van der Waals surface area contributed by atoms with Gasteiger partial charge in [-0.1, -0.05) is 30.3 Å². The molecule has 4 rings (SSSR count). The summed E-state index contributed by atoms with van der Waals surface area (Å²) in [6, 6.07) is 12.4. The van der Waals surface area contributed by atoms with Crippen LogP contribution in [-0.2, 0) is 4.74 Å². The van der Waals surface area contributed by atoms with Gasteiger partial charge in [0.05, 0.1) is 17.9 Å². The first kappa shape index (κ1) is 14.6. The van der Waals surface area contributed by atoms with Crippen molar-refractivity contribution in [3.63, 3.8) is 0 Å². The topological polar surface area (TPSA) is 48.2 Å². The third kappa shape index (κ3) is 2.82. The average molecular weight is 326 g/mol. The van der Waals surface area contributed by atoms with Crippen molar-refractivity contribution in [1.82, 2.24) is 10.2 Å². The van der Waals surface area contributed by atoms with E-state index in [9.17, 15) is 0 Å². The molecule has 118 valence electrons. The van der Waals surface area contributed by atoms with Gasteiger partial charge in [0.15, 0.2) is 0 Å². The van der Waals surface area contributed by atoms with Crippen LogP contribution in [0.5, 0.6) is 0 Å². The first-order valence-corrected chi connectivity index (χ1v) is 8.79. The predicted octanol–water partition coefficient (Wildman–Crippen LogP) is 4.53. The lowest BCUT2D eigenvalue weighted by Gasteiger charge is -2.15. The van der Waals surface area contributed by atoms with Crippen molar-refractivity contribution >= 4 is 11.3 Å². The molecule has 3 aromatic rings. The number of thiophene rings is 1. The maximum atomic E-state index is 6.01. The summed E-state index contributed by atoms with van der Waals surface area (Å²) in [5, 5.41) is 12.8. The lowest BCUT2D eigenvalue weighted by Crippen LogP contribution is -2.06. The Labute approximate surface area is 139 Å². The highest BCUT2D eigenvalue weighted by molar-refractivity contribution is 7.08. The van der Waals surface area contributed by atoms with Gasteiger partial charge in [-0.05, 0) is 41.3 Å². The van der Waals surface area contributed by atoms with Crippen LogP contribution in [0.1, 0.15) is 54.2 Å². The van der Waals surface area contributed by atoms with Gasteiger partial charge in [0.1, 0.15) is 0 Å². The minimum Gasteiger partial charge on any atom is -0.424 e. The number of benzene rings is 1. The van der Waals surface area contributed by atoms with Crippen molar-refractivity contribution in [3.8, 4) is 0 Å². The van der Waals surface area contributed by atoms with Crippen molar-refractivity contribution in [2.45, 2.75) is 31.3 Å². The molecule has 0 radical (unpaired) electrons. The molecule has 2 aromatic heterocycles. The molecule has 0 bridgehead atoms. The summed E-state index contributed by atoms with van der Waals surface area (Å²) in [4.78, 5) is 0. The summed E-state index contributed by atoms with van der Waals surface area (Å²) in [5.41, 5.74) is 2.38. The molecule has 5 heteroatoms. The van der Waals surface area contributed by atoms with Gasteiger partial charge in [0.2, 0.25) is 11.8 Å². The Balaban J connectivity index is 1.58. The molecule has 3 atom stereocenters. The van der Waals surface area contributed by atoms with Crippen molar-refractivity contribution < 1.29 is 9.15 Å². The largest absolute Gasteiger partial charge is 0.424 e. The third-order valence-electron chi connectivity index (χ3n) is 4.41. The van der Waals surface area contributed by atoms with E-state index < -0.39 is 0 Å². The van der Waals surface area contributed by atoms with Gasteiger partial charge in [-0.25, -0.2) is 0 Å². The highest BCUT2D eigenvalue weighted by Gasteiger charge is 2.35. The zero-order valence-electron chi connectivity index (χ0n) is 12.9. The van der Waals surface area contributed by atoms with Crippen molar-refractivity contribution in [1.29, 1.82) is 0 Å².